The Kier molecular flexibility index (Phi) is 23.7. The van der Waals surface area contributed by atoms with Crippen molar-refractivity contribution in [1.29, 1.82) is 10.5 Å². The number of aliphatic hydroxyl groups is 20. The molecule has 0 aromatic carbocycles. The quantitative estimate of drug-likeness (QED) is 0.0753. The third kappa shape index (κ3) is 13.7. The van der Waals surface area contributed by atoms with Crippen LogP contribution in [0, 0.1) is 22.7 Å². The summed E-state index contributed by atoms with van der Waals surface area (Å²) in [6.07, 6.45) is -71.3. The number of ether oxygens (including phenoxy) is 14. The molecule has 84 heavy (non-hydrogen) atoms. The molecule has 21 rings (SSSR count). The molecule has 21 aliphatic heterocycles. The first kappa shape index (κ1) is 68.0. The number of thiol groups is 1. The molecule has 0 saturated carbocycles. The Balaban J connectivity index is 1.11. The Morgan fingerprint density at radius 1 is 0.286 bits per heavy atom. The summed E-state index contributed by atoms with van der Waals surface area (Å²) >= 11 is 4.58. The predicted octanol–water partition coefficient (Wildman–Crippen LogP) is -13.3. The van der Waals surface area contributed by atoms with Crippen LogP contribution in [0.25, 0.3) is 0 Å². The van der Waals surface area contributed by atoms with Gasteiger partial charge >= 0.3 is 0 Å². The van der Waals surface area contributed by atoms with Crippen LogP contribution < -0.4 is 0 Å². The van der Waals surface area contributed by atoms with E-state index in [0.717, 1.165) is 0 Å². The normalized spacial score (nSPS) is 51.9. The molecular formula is C46H70N2O34S2. The van der Waals surface area contributed by atoms with Gasteiger partial charge in [0.15, 0.2) is 44.0 Å². The van der Waals surface area contributed by atoms with E-state index in [1.165, 1.54) is 0 Å². The zero-order valence-electron chi connectivity index (χ0n) is 43.6. The third-order valence-corrected chi connectivity index (χ3v) is 17.0. The first-order valence-corrected chi connectivity index (χ1v) is 27.6. The zero-order chi connectivity index (χ0) is 61.3. The molecule has 0 unspecified atom stereocenters. The molecule has 14 bridgehead atoms. The topological polar surface area (TPSA) is 581 Å². The second-order valence-corrected chi connectivity index (χ2v) is 22.2. The van der Waals surface area contributed by atoms with Crippen molar-refractivity contribution in [3.05, 3.63) is 9.81 Å². The van der Waals surface area contributed by atoms with E-state index < -0.39 is 260 Å². The van der Waals surface area contributed by atoms with Gasteiger partial charge in [0.2, 0.25) is 0 Å². The number of rotatable bonds is 9. The van der Waals surface area contributed by atoms with Gasteiger partial charge in [-0.05, 0) is 0 Å². The van der Waals surface area contributed by atoms with Gasteiger partial charge in [0.05, 0.1) is 45.7 Å². The lowest BCUT2D eigenvalue weighted by Crippen LogP contribution is -2.68. The second-order valence-electron chi connectivity index (χ2n) is 20.7. The largest absolute Gasteiger partial charge is 0.394 e. The molecule has 21 heterocycles. The molecule has 21 saturated heterocycles. The van der Waals surface area contributed by atoms with Crippen LogP contribution in [0.15, 0.2) is 9.81 Å². The number of thioether (sulfide) groups is 1. The summed E-state index contributed by atoms with van der Waals surface area (Å²) in [5.74, 6) is -0.510. The first-order valence-electron chi connectivity index (χ1n) is 26.2. The fraction of sp³-hybridized carbons (Fsp3) is 0.913. The van der Waals surface area contributed by atoms with Crippen molar-refractivity contribution in [3.8, 4) is 12.1 Å². The summed E-state index contributed by atoms with van der Waals surface area (Å²) in [6, 6.07) is 3.41. The lowest BCUT2D eigenvalue weighted by Gasteiger charge is -2.50. The van der Waals surface area contributed by atoms with E-state index in [1.54, 1.807) is 12.1 Å². The molecule has 35 atom stereocenters. The average molecular weight is 1260 g/mol. The smallest absolute Gasteiger partial charge is 0.187 e. The van der Waals surface area contributed by atoms with Gasteiger partial charge in [0.25, 0.3) is 0 Å². The highest BCUT2D eigenvalue weighted by atomic mass is 32.2. The van der Waals surface area contributed by atoms with Gasteiger partial charge in [-0.15, -0.1) is 24.4 Å². The Morgan fingerprint density at radius 3 is 0.631 bits per heavy atom. The molecule has 0 radical (unpaired) electrons. The number of hydrogen-bond acceptors (Lipinski definition) is 38. The number of nitrogens with zero attached hydrogens (tertiary/aromatic N) is 2. The van der Waals surface area contributed by atoms with Crippen LogP contribution in [0.1, 0.15) is 0 Å². The molecule has 20 N–H and O–H groups in total. The van der Waals surface area contributed by atoms with Gasteiger partial charge in [-0.25, -0.2) is 0 Å². The van der Waals surface area contributed by atoms with Gasteiger partial charge in [-0.1, -0.05) is 0 Å². The van der Waals surface area contributed by atoms with E-state index in [4.69, 9.17) is 66.3 Å². The van der Waals surface area contributed by atoms with Crippen LogP contribution in [0.4, 0.5) is 0 Å². The minimum atomic E-state index is -2.26. The fourth-order valence-electron chi connectivity index (χ4n) is 10.8. The minimum absolute atomic E-state index is 0.309. The molecule has 0 aromatic rings. The van der Waals surface area contributed by atoms with Crippen molar-refractivity contribution in [1.82, 2.24) is 0 Å². The summed E-state index contributed by atoms with van der Waals surface area (Å²) in [5.41, 5.74) is 0. The van der Waals surface area contributed by atoms with Crippen LogP contribution >= 0.6 is 24.4 Å². The van der Waals surface area contributed by atoms with Crippen molar-refractivity contribution in [2.45, 2.75) is 215 Å². The SMILES string of the molecule is N#C/C(S)=C(/C#N)SC[C@H]1O[C@@H]2O[C@@H]3[C@H](O)[C@@H](O)[C@H](O[C@@H]4[C@H](O)[C@@H](O)[C@H](O[C@@H]5[C@H](O)[C@H](O)[C@@H](O[C@@H]6[C@H](O)[C@H](O)[C@@H](O[C@@H]7[C@H](O)[C@H](O)[C@@H](O[C@@H]8[C@H](O)[C@H](O)[C@@H](O[C@H]1[C@H](O)[C@H]2O)O[C@@H]8CO)O[C@@H]7CO)O[C@@H]6CO)O[C@H]5CO)O[C@H]4CO)O[C@H]3CO. The Labute approximate surface area is 484 Å². The molecule has 0 amide bonds. The molecule has 38 heteroatoms. The van der Waals surface area contributed by atoms with Gasteiger partial charge < -0.3 is 168 Å². The fourth-order valence-corrected chi connectivity index (χ4v) is 11.9. The zero-order valence-corrected chi connectivity index (χ0v) is 45.3. The van der Waals surface area contributed by atoms with Crippen molar-refractivity contribution >= 4 is 24.4 Å². The van der Waals surface area contributed by atoms with Gasteiger partial charge in [-0.3, -0.25) is 0 Å². The molecular weight excluding hydrogens is 1190 g/mol. The Bertz CT molecular complexity index is 2230. The number of hydrogen-bond donors (Lipinski definition) is 21. The minimum Gasteiger partial charge on any atom is -0.394 e. The van der Waals surface area contributed by atoms with Crippen molar-refractivity contribution in [2.75, 3.05) is 45.4 Å². The lowest BCUT2D eigenvalue weighted by atomic mass is 9.95. The van der Waals surface area contributed by atoms with Crippen molar-refractivity contribution in [2.24, 2.45) is 0 Å². The predicted molar refractivity (Wildman–Crippen MR) is 261 cm³/mol. The van der Waals surface area contributed by atoms with Crippen molar-refractivity contribution in [3.63, 3.8) is 0 Å². The average Bonchev–Trinajstić information content (AvgIpc) is 2.07. The highest BCUT2D eigenvalue weighted by Crippen LogP contribution is 2.40. The summed E-state index contributed by atoms with van der Waals surface area (Å²) in [6.45, 7) is -6.43. The maximum atomic E-state index is 11.7. The molecule has 0 aliphatic carbocycles. The van der Waals surface area contributed by atoms with E-state index in [1.807, 2.05) is 0 Å². The molecule has 21 fully saturated rings. The highest BCUT2D eigenvalue weighted by molar-refractivity contribution is 8.04. The van der Waals surface area contributed by atoms with Gasteiger partial charge in [0, 0.05) is 5.75 Å². The van der Waals surface area contributed by atoms with E-state index in [2.05, 4.69) is 12.6 Å². The third-order valence-electron chi connectivity index (χ3n) is 15.4. The molecule has 21 aliphatic rings. The lowest BCUT2D eigenvalue weighted by molar-refractivity contribution is -0.396. The summed E-state index contributed by atoms with van der Waals surface area (Å²) in [5, 5.41) is 242. The highest BCUT2D eigenvalue weighted by Gasteiger charge is 2.59. The maximum Gasteiger partial charge on any atom is 0.187 e. The maximum absolute atomic E-state index is 11.7. The van der Waals surface area contributed by atoms with E-state index in [0.29, 0.717) is 11.8 Å². The standard InChI is InChI=1S/C46H70N2O34S2/c47-1-17(83)18(2-48)84-9-16-39-25(61)32(68)46(75-16)81-38-15(8-54)73-44(30(66)23(38)59)79-36-13(6-52)71-42(28(64)21(36)57)77-34-11(4-50)69-40(26(62)19(34)55)76-33-10(3-49)70-41(27(63)20(33)56)78-35-12(5-51)72-43(29(65)22(35)58)80-37-14(7-53)74-45(82-39)31(67)24(37)60/h10-16,19-46,49-68,83H,3-9H2/b18-17+/t10-,11+,12-,13+,14-,15+,16-,19-,20-,21-,22-,23-,24-,25-,26+,27+,28-,29+,30-,31+,32-,33+,34+,35+,36+,37+,38+,39-,40-,41-,42+,43-,44+,45-,46-/m1/s1. The first-order chi connectivity index (χ1) is 40.0. The molecule has 0 aromatic heterocycles. The molecule has 0 spiro atoms. The monoisotopic (exact) mass is 1260 g/mol. The van der Waals surface area contributed by atoms with Crippen LogP contribution in [-0.4, -0.2) is 362 Å². The second kappa shape index (κ2) is 29.3. The van der Waals surface area contributed by atoms with E-state index in [-0.39, 0.29) is 9.81 Å². The van der Waals surface area contributed by atoms with Crippen LogP contribution in [-0.2, 0) is 66.3 Å². The van der Waals surface area contributed by atoms with Crippen LogP contribution in [0.3, 0.4) is 0 Å². The summed E-state index contributed by atoms with van der Waals surface area (Å²) < 4.78 is 80.6. The van der Waals surface area contributed by atoms with Crippen LogP contribution in [0.5, 0.6) is 0 Å². The Hall–Kier alpha value is -1.94. The molecule has 480 valence electrons. The van der Waals surface area contributed by atoms with Crippen molar-refractivity contribution < 1.29 is 168 Å². The Morgan fingerprint density at radius 2 is 0.464 bits per heavy atom. The van der Waals surface area contributed by atoms with Crippen LogP contribution in [0.2, 0.25) is 0 Å². The van der Waals surface area contributed by atoms with Gasteiger partial charge in [-0.2, -0.15) is 10.5 Å². The molecule has 36 nitrogen and oxygen atoms in total. The number of aliphatic hydroxyl groups excluding tert-OH is 20. The van der Waals surface area contributed by atoms with E-state index >= 15 is 0 Å². The summed E-state index contributed by atoms with van der Waals surface area (Å²) in [4.78, 5) is -0.690. The number of allylic oxidation sites excluding steroid dienone is 2. The van der Waals surface area contributed by atoms with Gasteiger partial charge in [0.1, 0.15) is 187 Å². The van der Waals surface area contributed by atoms with E-state index in [9.17, 15) is 113 Å². The number of nitriles is 2. The summed E-state index contributed by atoms with van der Waals surface area (Å²) in [7, 11) is 0.